The number of hydrogen-bond donors (Lipinski definition) is 5. The van der Waals surface area contributed by atoms with Crippen LogP contribution in [0, 0.1) is 12.3 Å². The SMILES string of the molecule is C#CCNCC(O)C(O)C(O)C(O)C=O. The molecular weight excluding hydrogens is 202 g/mol. The molecule has 6 heteroatoms. The smallest absolute Gasteiger partial charge is 0.151 e. The lowest BCUT2D eigenvalue weighted by Crippen LogP contribution is -2.48. The molecule has 0 aliphatic rings. The van der Waals surface area contributed by atoms with Gasteiger partial charge in [-0.3, -0.25) is 0 Å². The van der Waals surface area contributed by atoms with Crippen LogP contribution in [0.4, 0.5) is 0 Å². The molecule has 4 atom stereocenters. The molecule has 0 spiro atoms. The van der Waals surface area contributed by atoms with Gasteiger partial charge in [0, 0.05) is 6.54 Å². The summed E-state index contributed by atoms with van der Waals surface area (Å²) in [5.74, 6) is 2.25. The molecule has 0 fully saturated rings. The molecule has 6 nitrogen and oxygen atoms in total. The van der Waals surface area contributed by atoms with Crippen molar-refractivity contribution in [3.63, 3.8) is 0 Å². The van der Waals surface area contributed by atoms with Gasteiger partial charge in [0.1, 0.15) is 18.3 Å². The second-order valence-corrected chi connectivity index (χ2v) is 3.01. The van der Waals surface area contributed by atoms with E-state index in [0.717, 1.165) is 0 Å². The fourth-order valence-electron chi connectivity index (χ4n) is 0.923. The highest BCUT2D eigenvalue weighted by Gasteiger charge is 2.29. The topological polar surface area (TPSA) is 110 Å². The molecule has 15 heavy (non-hydrogen) atoms. The zero-order valence-corrected chi connectivity index (χ0v) is 8.08. The van der Waals surface area contributed by atoms with Crippen LogP contribution in [0.15, 0.2) is 0 Å². The van der Waals surface area contributed by atoms with Gasteiger partial charge >= 0.3 is 0 Å². The van der Waals surface area contributed by atoms with Gasteiger partial charge in [0.05, 0.1) is 12.6 Å². The second-order valence-electron chi connectivity index (χ2n) is 3.01. The van der Waals surface area contributed by atoms with Crippen LogP contribution < -0.4 is 5.32 Å². The van der Waals surface area contributed by atoms with Crippen LogP contribution in [0.25, 0.3) is 0 Å². The van der Waals surface area contributed by atoms with E-state index in [1.807, 2.05) is 0 Å². The van der Waals surface area contributed by atoms with Gasteiger partial charge in [0.2, 0.25) is 0 Å². The molecule has 86 valence electrons. The molecule has 0 rings (SSSR count). The highest BCUT2D eigenvalue weighted by atomic mass is 16.4. The average Bonchev–Trinajstić information content (AvgIpc) is 2.26. The number of nitrogens with one attached hydrogen (secondary N) is 1. The van der Waals surface area contributed by atoms with E-state index in [-0.39, 0.29) is 19.4 Å². The molecular formula is C9H15NO5. The number of carbonyl (C=O) groups is 1. The molecule has 0 aromatic heterocycles. The summed E-state index contributed by atoms with van der Waals surface area (Å²) in [5.41, 5.74) is 0. The largest absolute Gasteiger partial charge is 0.389 e. The average molecular weight is 217 g/mol. The van der Waals surface area contributed by atoms with Crippen LogP contribution >= 0.6 is 0 Å². The first-order valence-electron chi connectivity index (χ1n) is 4.36. The lowest BCUT2D eigenvalue weighted by molar-refractivity contribution is -0.133. The van der Waals surface area contributed by atoms with Crippen molar-refractivity contribution in [2.24, 2.45) is 0 Å². The van der Waals surface area contributed by atoms with E-state index in [1.54, 1.807) is 0 Å². The summed E-state index contributed by atoms with van der Waals surface area (Å²) < 4.78 is 0. The second kappa shape index (κ2) is 7.34. The van der Waals surface area contributed by atoms with Gasteiger partial charge in [-0.05, 0) is 0 Å². The fourth-order valence-corrected chi connectivity index (χ4v) is 0.923. The number of hydrogen-bond acceptors (Lipinski definition) is 6. The maximum atomic E-state index is 10.1. The third kappa shape index (κ3) is 4.88. The van der Waals surface area contributed by atoms with Crippen molar-refractivity contribution in [2.75, 3.05) is 13.1 Å². The predicted octanol–water partition coefficient (Wildman–Crippen LogP) is -3.15. The molecule has 0 heterocycles. The maximum Gasteiger partial charge on any atom is 0.151 e. The monoisotopic (exact) mass is 217 g/mol. The summed E-state index contributed by atoms with van der Waals surface area (Å²) in [7, 11) is 0. The van der Waals surface area contributed by atoms with Crippen molar-refractivity contribution in [1.82, 2.24) is 5.32 Å². The van der Waals surface area contributed by atoms with E-state index < -0.39 is 24.4 Å². The Labute approximate surface area is 87.5 Å². The molecule has 0 aliphatic carbocycles. The first-order chi connectivity index (χ1) is 7.04. The van der Waals surface area contributed by atoms with E-state index in [1.165, 1.54) is 0 Å². The first kappa shape index (κ1) is 14.0. The van der Waals surface area contributed by atoms with E-state index in [0.29, 0.717) is 0 Å². The number of rotatable bonds is 7. The minimum Gasteiger partial charge on any atom is -0.389 e. The highest BCUT2D eigenvalue weighted by Crippen LogP contribution is 2.03. The Morgan fingerprint density at radius 2 is 1.87 bits per heavy atom. The first-order valence-corrected chi connectivity index (χ1v) is 4.36. The Kier molecular flexibility index (Phi) is 6.86. The summed E-state index contributed by atoms with van der Waals surface area (Å²) in [5, 5.41) is 39.2. The highest BCUT2D eigenvalue weighted by molar-refractivity contribution is 5.56. The van der Waals surface area contributed by atoms with E-state index in [4.69, 9.17) is 16.6 Å². The van der Waals surface area contributed by atoms with Crippen LogP contribution in [-0.4, -0.2) is 64.2 Å². The van der Waals surface area contributed by atoms with Gasteiger partial charge in [0.25, 0.3) is 0 Å². The number of aldehydes is 1. The third-order valence-corrected chi connectivity index (χ3v) is 1.81. The van der Waals surface area contributed by atoms with Gasteiger partial charge < -0.3 is 30.5 Å². The Morgan fingerprint density at radius 3 is 2.33 bits per heavy atom. The molecule has 0 bridgehead atoms. The van der Waals surface area contributed by atoms with E-state index in [9.17, 15) is 15.0 Å². The lowest BCUT2D eigenvalue weighted by atomic mass is 10.0. The van der Waals surface area contributed by atoms with Gasteiger partial charge in [-0.1, -0.05) is 5.92 Å². The van der Waals surface area contributed by atoms with Crippen molar-refractivity contribution in [1.29, 1.82) is 0 Å². The molecule has 0 aliphatic heterocycles. The van der Waals surface area contributed by atoms with Gasteiger partial charge in [-0.15, -0.1) is 6.42 Å². The summed E-state index contributed by atoms with van der Waals surface area (Å²) in [4.78, 5) is 10.1. The van der Waals surface area contributed by atoms with Gasteiger partial charge in [-0.25, -0.2) is 0 Å². The fraction of sp³-hybridized carbons (Fsp3) is 0.667. The molecule has 0 radical (unpaired) electrons. The summed E-state index contributed by atoms with van der Waals surface area (Å²) in [6.07, 6.45) is -1.36. The van der Waals surface area contributed by atoms with Crippen molar-refractivity contribution in [2.45, 2.75) is 24.4 Å². The van der Waals surface area contributed by atoms with Gasteiger partial charge in [0.15, 0.2) is 6.29 Å². The number of carbonyl (C=O) groups excluding carboxylic acids is 1. The van der Waals surface area contributed by atoms with Crippen molar-refractivity contribution in [3.8, 4) is 12.3 Å². The number of aliphatic hydroxyl groups is 4. The normalized spacial score (nSPS) is 18.6. The molecule has 5 N–H and O–H groups in total. The van der Waals surface area contributed by atoms with Crippen LogP contribution in [0.3, 0.4) is 0 Å². The standard InChI is InChI=1S/C9H15NO5/c1-2-3-10-4-6(12)8(14)9(15)7(13)5-11/h1,5-10,12-15H,3-4H2. The van der Waals surface area contributed by atoms with Crippen LogP contribution in [0.1, 0.15) is 0 Å². The zero-order valence-electron chi connectivity index (χ0n) is 8.08. The molecule has 4 unspecified atom stereocenters. The summed E-state index contributed by atoms with van der Waals surface area (Å²) in [6.45, 7) is 0.157. The molecule has 0 amide bonds. The number of aliphatic hydroxyl groups excluding tert-OH is 4. The predicted molar refractivity (Wildman–Crippen MR) is 51.8 cm³/mol. The molecule has 0 saturated heterocycles. The maximum absolute atomic E-state index is 10.1. The minimum atomic E-state index is -1.72. The lowest BCUT2D eigenvalue weighted by Gasteiger charge is -2.24. The van der Waals surface area contributed by atoms with Crippen LogP contribution in [0.2, 0.25) is 0 Å². The Hall–Kier alpha value is -0.970. The van der Waals surface area contributed by atoms with Crippen LogP contribution in [0.5, 0.6) is 0 Å². The zero-order chi connectivity index (χ0) is 11.8. The molecule has 0 saturated carbocycles. The Balaban J connectivity index is 4.01. The van der Waals surface area contributed by atoms with Crippen molar-refractivity contribution >= 4 is 6.29 Å². The third-order valence-electron chi connectivity index (χ3n) is 1.81. The molecule has 0 aromatic rings. The van der Waals surface area contributed by atoms with Crippen molar-refractivity contribution in [3.05, 3.63) is 0 Å². The van der Waals surface area contributed by atoms with Gasteiger partial charge in [-0.2, -0.15) is 0 Å². The molecule has 0 aromatic carbocycles. The quantitative estimate of drug-likeness (QED) is 0.175. The Bertz CT molecular complexity index is 227. The van der Waals surface area contributed by atoms with E-state index in [2.05, 4.69) is 11.2 Å². The summed E-state index contributed by atoms with van der Waals surface area (Å²) >= 11 is 0. The van der Waals surface area contributed by atoms with Crippen molar-refractivity contribution < 1.29 is 25.2 Å². The Morgan fingerprint density at radius 1 is 1.27 bits per heavy atom. The van der Waals surface area contributed by atoms with Crippen LogP contribution in [-0.2, 0) is 4.79 Å². The van der Waals surface area contributed by atoms with E-state index >= 15 is 0 Å². The minimum absolute atomic E-state index is 0.0476. The summed E-state index contributed by atoms with van der Waals surface area (Å²) in [6, 6.07) is 0. The number of terminal acetylenes is 1.